The summed E-state index contributed by atoms with van der Waals surface area (Å²) in [6.45, 7) is 0.539. The number of fused-ring (bicyclic) bond motifs is 3. The van der Waals surface area contributed by atoms with Crippen LogP contribution in [0.3, 0.4) is 0 Å². The SMILES string of the molecule is CN1C(=O)[C@@]2(Cc3ccc(Br)cc3)N=C(c3ccc(OCCCO)cc3)O[C@H]2c2ccccc21. The molecule has 0 spiro atoms. The summed E-state index contributed by atoms with van der Waals surface area (Å²) >= 11 is 3.48. The number of nitrogens with zero attached hydrogens (tertiary/aromatic N) is 2. The molecular weight excluding hydrogens is 496 g/mol. The number of aliphatic hydroxyl groups is 1. The first-order valence-corrected chi connectivity index (χ1v) is 12.0. The van der Waals surface area contributed by atoms with E-state index < -0.39 is 11.6 Å². The first-order chi connectivity index (χ1) is 16.5. The van der Waals surface area contributed by atoms with Crippen molar-refractivity contribution in [2.75, 3.05) is 25.2 Å². The number of likely N-dealkylation sites (N-methyl/N-ethyl adjacent to an activating group) is 1. The van der Waals surface area contributed by atoms with Crippen LogP contribution in [-0.4, -0.2) is 42.7 Å². The summed E-state index contributed by atoms with van der Waals surface area (Å²) < 4.78 is 13.1. The van der Waals surface area contributed by atoms with E-state index >= 15 is 0 Å². The number of aliphatic imine (C=N–C) groups is 1. The normalized spacial score (nSPS) is 20.9. The van der Waals surface area contributed by atoms with Crippen molar-refractivity contribution in [3.63, 3.8) is 0 Å². The van der Waals surface area contributed by atoms with Crippen LogP contribution in [0.15, 0.2) is 82.3 Å². The minimum Gasteiger partial charge on any atom is -0.494 e. The summed E-state index contributed by atoms with van der Waals surface area (Å²) in [5, 5.41) is 8.94. The lowest BCUT2D eigenvalue weighted by atomic mass is 9.78. The van der Waals surface area contributed by atoms with Crippen LogP contribution in [0, 0.1) is 0 Å². The molecule has 0 unspecified atom stereocenters. The summed E-state index contributed by atoms with van der Waals surface area (Å²) in [6.07, 6.45) is 0.479. The molecule has 174 valence electrons. The second kappa shape index (κ2) is 9.24. The molecule has 2 aliphatic heterocycles. The molecule has 2 heterocycles. The van der Waals surface area contributed by atoms with Crippen LogP contribution in [0.1, 0.15) is 29.2 Å². The van der Waals surface area contributed by atoms with Crippen molar-refractivity contribution < 1.29 is 19.4 Å². The van der Waals surface area contributed by atoms with Crippen LogP contribution in [0.25, 0.3) is 0 Å². The maximum absolute atomic E-state index is 13.8. The number of carbonyl (C=O) groups excluding carboxylic acids is 1. The van der Waals surface area contributed by atoms with E-state index in [1.54, 1.807) is 11.9 Å². The number of rotatable bonds is 7. The summed E-state index contributed by atoms with van der Waals surface area (Å²) in [5.41, 5.74) is 2.49. The highest BCUT2D eigenvalue weighted by Gasteiger charge is 2.58. The maximum atomic E-state index is 13.8. The lowest BCUT2D eigenvalue weighted by Gasteiger charge is -2.40. The highest BCUT2D eigenvalue weighted by molar-refractivity contribution is 9.10. The Balaban J connectivity index is 1.54. The van der Waals surface area contributed by atoms with E-state index in [9.17, 15) is 4.79 Å². The van der Waals surface area contributed by atoms with Crippen LogP contribution < -0.4 is 9.64 Å². The van der Waals surface area contributed by atoms with Crippen molar-refractivity contribution in [2.45, 2.75) is 24.5 Å². The Kier molecular flexibility index (Phi) is 6.15. The van der Waals surface area contributed by atoms with E-state index in [1.807, 2.05) is 72.8 Å². The van der Waals surface area contributed by atoms with Gasteiger partial charge >= 0.3 is 0 Å². The van der Waals surface area contributed by atoms with Gasteiger partial charge in [-0.15, -0.1) is 0 Å². The molecule has 1 N–H and O–H groups in total. The number of benzene rings is 3. The molecule has 3 aromatic rings. The van der Waals surface area contributed by atoms with E-state index in [4.69, 9.17) is 19.6 Å². The van der Waals surface area contributed by atoms with E-state index in [2.05, 4.69) is 15.9 Å². The second-order valence-electron chi connectivity index (χ2n) is 8.52. The third kappa shape index (κ3) is 3.99. The largest absolute Gasteiger partial charge is 0.494 e. The minimum absolute atomic E-state index is 0.0851. The van der Waals surface area contributed by atoms with E-state index in [0.717, 1.165) is 26.9 Å². The number of aliphatic hydroxyl groups excluding tert-OH is 1. The zero-order chi connectivity index (χ0) is 23.7. The number of ether oxygens (including phenoxy) is 2. The van der Waals surface area contributed by atoms with Gasteiger partial charge in [0, 0.05) is 42.1 Å². The number of para-hydroxylation sites is 1. The topological polar surface area (TPSA) is 71.4 Å². The van der Waals surface area contributed by atoms with Gasteiger partial charge in [-0.05, 0) is 48.0 Å². The zero-order valence-corrected chi connectivity index (χ0v) is 20.4. The van der Waals surface area contributed by atoms with Gasteiger partial charge in [0.2, 0.25) is 5.90 Å². The molecule has 5 rings (SSSR count). The Bertz CT molecular complexity index is 1230. The maximum Gasteiger partial charge on any atom is 0.259 e. The summed E-state index contributed by atoms with van der Waals surface area (Å²) in [4.78, 5) is 20.5. The standard InChI is InChI=1S/C27H25BrN2O4/c1-30-23-6-3-2-5-22(23)24-27(26(30)32,17-18-7-11-20(28)12-8-18)29-25(34-24)19-9-13-21(14-10-19)33-16-4-15-31/h2-3,5-14,24,31H,4,15-17H2,1H3/t24-,27-/m0/s1. The molecule has 0 bridgehead atoms. The molecule has 0 radical (unpaired) electrons. The van der Waals surface area contributed by atoms with Crippen molar-refractivity contribution in [3.8, 4) is 5.75 Å². The Labute approximate surface area is 207 Å². The molecule has 7 heteroatoms. The highest BCUT2D eigenvalue weighted by atomic mass is 79.9. The van der Waals surface area contributed by atoms with Crippen LogP contribution >= 0.6 is 15.9 Å². The summed E-state index contributed by atoms with van der Waals surface area (Å²) in [6, 6.07) is 23.3. The van der Waals surface area contributed by atoms with Crippen molar-refractivity contribution in [3.05, 3.63) is 94.0 Å². The van der Waals surface area contributed by atoms with Crippen molar-refractivity contribution in [1.82, 2.24) is 0 Å². The van der Waals surface area contributed by atoms with Crippen LogP contribution in [0.4, 0.5) is 5.69 Å². The van der Waals surface area contributed by atoms with Gasteiger partial charge in [-0.2, -0.15) is 0 Å². The lowest BCUT2D eigenvalue weighted by molar-refractivity contribution is -0.126. The van der Waals surface area contributed by atoms with Gasteiger partial charge in [0.25, 0.3) is 5.91 Å². The van der Waals surface area contributed by atoms with Crippen LogP contribution in [0.2, 0.25) is 0 Å². The molecule has 1 amide bonds. The predicted octanol–water partition coefficient (Wildman–Crippen LogP) is 4.69. The average Bonchev–Trinajstić information content (AvgIpc) is 3.25. The number of hydrogen-bond donors (Lipinski definition) is 1. The van der Waals surface area contributed by atoms with Gasteiger partial charge in [0.05, 0.1) is 12.3 Å². The summed E-state index contributed by atoms with van der Waals surface area (Å²) in [7, 11) is 1.80. The third-order valence-electron chi connectivity index (χ3n) is 6.28. The molecular formula is C27H25BrN2O4. The number of amides is 1. The quantitative estimate of drug-likeness (QED) is 0.459. The molecule has 0 aromatic heterocycles. The van der Waals surface area contributed by atoms with Gasteiger partial charge in [-0.1, -0.05) is 46.3 Å². The number of anilines is 1. The summed E-state index contributed by atoms with van der Waals surface area (Å²) in [5.74, 6) is 1.07. The minimum atomic E-state index is -1.09. The lowest BCUT2D eigenvalue weighted by Crippen LogP contribution is -2.54. The Hall–Kier alpha value is -3.16. The third-order valence-corrected chi connectivity index (χ3v) is 6.81. The number of carbonyl (C=O) groups is 1. The smallest absolute Gasteiger partial charge is 0.259 e. The Morgan fingerprint density at radius 1 is 1.09 bits per heavy atom. The van der Waals surface area contributed by atoms with Gasteiger partial charge in [0.1, 0.15) is 5.75 Å². The van der Waals surface area contributed by atoms with Gasteiger partial charge < -0.3 is 19.5 Å². The predicted molar refractivity (Wildman–Crippen MR) is 134 cm³/mol. The Morgan fingerprint density at radius 3 is 2.56 bits per heavy atom. The molecule has 0 saturated heterocycles. The molecule has 0 fully saturated rings. The van der Waals surface area contributed by atoms with Crippen molar-refractivity contribution >= 4 is 33.4 Å². The molecule has 3 aromatic carbocycles. The molecule has 2 aliphatic rings. The fraction of sp³-hybridized carbons (Fsp3) is 0.259. The molecule has 34 heavy (non-hydrogen) atoms. The van der Waals surface area contributed by atoms with E-state index in [-0.39, 0.29) is 12.5 Å². The Morgan fingerprint density at radius 2 is 1.82 bits per heavy atom. The van der Waals surface area contributed by atoms with Gasteiger partial charge in [0.15, 0.2) is 11.6 Å². The average molecular weight is 521 g/mol. The van der Waals surface area contributed by atoms with Crippen LogP contribution in [-0.2, 0) is 16.0 Å². The first kappa shape index (κ1) is 22.6. The fourth-order valence-electron chi connectivity index (χ4n) is 4.57. The van der Waals surface area contributed by atoms with Gasteiger partial charge in [-0.25, -0.2) is 4.99 Å². The highest BCUT2D eigenvalue weighted by Crippen LogP contribution is 2.49. The molecule has 6 nitrogen and oxygen atoms in total. The monoisotopic (exact) mass is 520 g/mol. The molecule has 0 saturated carbocycles. The zero-order valence-electron chi connectivity index (χ0n) is 18.8. The van der Waals surface area contributed by atoms with E-state index in [0.29, 0.717) is 31.1 Å². The van der Waals surface area contributed by atoms with E-state index in [1.165, 1.54) is 0 Å². The molecule has 0 aliphatic carbocycles. The fourth-order valence-corrected chi connectivity index (χ4v) is 4.84. The van der Waals surface area contributed by atoms with Crippen molar-refractivity contribution in [1.29, 1.82) is 0 Å². The first-order valence-electron chi connectivity index (χ1n) is 11.2. The second-order valence-corrected chi connectivity index (χ2v) is 9.43. The van der Waals surface area contributed by atoms with Crippen LogP contribution in [0.5, 0.6) is 5.75 Å². The number of hydrogen-bond acceptors (Lipinski definition) is 5. The van der Waals surface area contributed by atoms with Gasteiger partial charge in [-0.3, -0.25) is 4.79 Å². The van der Waals surface area contributed by atoms with Crippen molar-refractivity contribution in [2.24, 2.45) is 4.99 Å². The number of halogens is 1. The molecule has 2 atom stereocenters.